The molecule has 0 aliphatic carbocycles. The molecular weight excluding hydrogens is 223 g/mol. The first kappa shape index (κ1) is 12.5. The minimum Gasteiger partial charge on any atom is -0.477 e. The molecule has 0 atom stereocenters. The zero-order valence-electron chi connectivity index (χ0n) is 8.67. The molecule has 0 radical (unpaired) electrons. The van der Waals surface area contributed by atoms with Gasteiger partial charge in [-0.2, -0.15) is 13.2 Å². The molecule has 0 aromatic carbocycles. The molecule has 1 aromatic heterocycles. The van der Waals surface area contributed by atoms with Crippen LogP contribution in [0.2, 0.25) is 0 Å². The van der Waals surface area contributed by atoms with Crippen molar-refractivity contribution >= 4 is 5.97 Å². The predicted molar refractivity (Wildman–Crippen MR) is 50.3 cm³/mol. The summed E-state index contributed by atoms with van der Waals surface area (Å²) in [6, 6.07) is 0.834. The summed E-state index contributed by atoms with van der Waals surface area (Å²) in [5.74, 6) is -1.65. The van der Waals surface area contributed by atoms with Crippen molar-refractivity contribution in [2.45, 2.75) is 25.9 Å². The fourth-order valence-electron chi connectivity index (χ4n) is 1.26. The zero-order chi connectivity index (χ0) is 12.5. The summed E-state index contributed by atoms with van der Waals surface area (Å²) in [5, 5.41) is 8.76. The van der Waals surface area contributed by atoms with Crippen molar-refractivity contribution in [3.8, 4) is 0 Å². The Morgan fingerprint density at radius 2 is 2.00 bits per heavy atom. The SMILES string of the molecule is CC(C)c1cc(C(F)(F)F)cnc1C(=O)O. The van der Waals surface area contributed by atoms with E-state index in [0.29, 0.717) is 6.20 Å². The Kier molecular flexibility index (Phi) is 3.21. The molecule has 0 unspecified atom stereocenters. The van der Waals surface area contributed by atoms with Gasteiger partial charge >= 0.3 is 12.1 Å². The number of pyridine rings is 1. The van der Waals surface area contributed by atoms with Gasteiger partial charge in [0, 0.05) is 6.20 Å². The van der Waals surface area contributed by atoms with Crippen molar-refractivity contribution in [1.29, 1.82) is 0 Å². The van der Waals surface area contributed by atoms with Gasteiger partial charge in [-0.25, -0.2) is 9.78 Å². The molecule has 3 nitrogen and oxygen atoms in total. The molecule has 0 saturated carbocycles. The summed E-state index contributed by atoms with van der Waals surface area (Å²) in [4.78, 5) is 14.1. The van der Waals surface area contributed by atoms with E-state index in [1.807, 2.05) is 0 Å². The monoisotopic (exact) mass is 233 g/mol. The molecule has 1 rings (SSSR count). The second-order valence-electron chi connectivity index (χ2n) is 3.62. The minimum atomic E-state index is -4.51. The van der Waals surface area contributed by atoms with E-state index in [-0.39, 0.29) is 17.2 Å². The number of carboxylic acids is 1. The smallest absolute Gasteiger partial charge is 0.417 e. The average Bonchev–Trinajstić information content (AvgIpc) is 2.15. The largest absolute Gasteiger partial charge is 0.477 e. The van der Waals surface area contributed by atoms with Gasteiger partial charge in [0.05, 0.1) is 5.56 Å². The van der Waals surface area contributed by atoms with Crippen LogP contribution in [0.3, 0.4) is 0 Å². The molecule has 1 N–H and O–H groups in total. The van der Waals surface area contributed by atoms with Crippen LogP contribution in [0.15, 0.2) is 12.3 Å². The summed E-state index contributed by atoms with van der Waals surface area (Å²) < 4.78 is 37.1. The molecular formula is C10H10F3NO2. The number of alkyl halides is 3. The molecule has 0 saturated heterocycles. The standard InChI is InChI=1S/C10H10F3NO2/c1-5(2)7-3-6(10(11,12)13)4-14-8(7)9(15)16/h3-5H,1-2H3,(H,15,16). The molecule has 1 aromatic rings. The Morgan fingerprint density at radius 1 is 1.44 bits per heavy atom. The third-order valence-corrected chi connectivity index (χ3v) is 2.07. The molecule has 0 aliphatic rings. The van der Waals surface area contributed by atoms with Crippen molar-refractivity contribution in [1.82, 2.24) is 4.98 Å². The quantitative estimate of drug-likeness (QED) is 0.854. The van der Waals surface area contributed by atoms with E-state index in [1.165, 1.54) is 0 Å². The lowest BCUT2D eigenvalue weighted by Gasteiger charge is -2.12. The Hall–Kier alpha value is -1.59. The van der Waals surface area contributed by atoms with Crippen LogP contribution in [-0.4, -0.2) is 16.1 Å². The maximum atomic E-state index is 12.4. The Labute approximate surface area is 89.9 Å². The molecule has 16 heavy (non-hydrogen) atoms. The van der Waals surface area contributed by atoms with Crippen LogP contribution in [0.25, 0.3) is 0 Å². The highest BCUT2D eigenvalue weighted by molar-refractivity contribution is 5.87. The van der Waals surface area contributed by atoms with Crippen LogP contribution < -0.4 is 0 Å². The van der Waals surface area contributed by atoms with Crippen LogP contribution in [-0.2, 0) is 6.18 Å². The fourth-order valence-corrected chi connectivity index (χ4v) is 1.26. The van der Waals surface area contributed by atoms with E-state index in [2.05, 4.69) is 4.98 Å². The highest BCUT2D eigenvalue weighted by Crippen LogP contribution is 2.31. The molecule has 1 heterocycles. The first-order chi connectivity index (χ1) is 7.23. The maximum Gasteiger partial charge on any atom is 0.417 e. The van der Waals surface area contributed by atoms with Gasteiger partial charge in [0.25, 0.3) is 0 Å². The van der Waals surface area contributed by atoms with E-state index < -0.39 is 17.7 Å². The summed E-state index contributed by atoms with van der Waals surface area (Å²) in [6.45, 7) is 3.23. The van der Waals surface area contributed by atoms with Crippen molar-refractivity contribution < 1.29 is 23.1 Å². The highest BCUT2D eigenvalue weighted by Gasteiger charge is 2.32. The van der Waals surface area contributed by atoms with Gasteiger partial charge < -0.3 is 5.11 Å². The lowest BCUT2D eigenvalue weighted by Crippen LogP contribution is -2.12. The number of hydrogen-bond acceptors (Lipinski definition) is 2. The zero-order valence-corrected chi connectivity index (χ0v) is 8.67. The number of halogens is 3. The van der Waals surface area contributed by atoms with E-state index >= 15 is 0 Å². The molecule has 88 valence electrons. The highest BCUT2D eigenvalue weighted by atomic mass is 19.4. The fraction of sp³-hybridized carbons (Fsp3) is 0.400. The lowest BCUT2D eigenvalue weighted by molar-refractivity contribution is -0.137. The summed E-state index contributed by atoms with van der Waals surface area (Å²) >= 11 is 0. The molecule has 0 amide bonds. The van der Waals surface area contributed by atoms with Gasteiger partial charge in [0.15, 0.2) is 5.69 Å². The van der Waals surface area contributed by atoms with E-state index in [4.69, 9.17) is 5.11 Å². The van der Waals surface area contributed by atoms with Gasteiger partial charge in [-0.1, -0.05) is 13.8 Å². The number of nitrogens with zero attached hydrogens (tertiary/aromatic N) is 1. The Morgan fingerprint density at radius 3 is 2.38 bits per heavy atom. The number of aromatic carboxylic acids is 1. The normalized spacial score (nSPS) is 11.9. The topological polar surface area (TPSA) is 50.2 Å². The Bertz CT molecular complexity index is 413. The maximum absolute atomic E-state index is 12.4. The van der Waals surface area contributed by atoms with Gasteiger partial charge in [-0.3, -0.25) is 0 Å². The van der Waals surface area contributed by atoms with Crippen molar-refractivity contribution in [2.24, 2.45) is 0 Å². The summed E-state index contributed by atoms with van der Waals surface area (Å²) in [5.41, 5.74) is -1.17. The third-order valence-electron chi connectivity index (χ3n) is 2.07. The second-order valence-corrected chi connectivity index (χ2v) is 3.62. The molecule has 0 spiro atoms. The third kappa shape index (κ3) is 2.50. The van der Waals surface area contributed by atoms with Gasteiger partial charge in [0.2, 0.25) is 0 Å². The molecule has 6 heteroatoms. The number of aromatic nitrogens is 1. The van der Waals surface area contributed by atoms with Crippen LogP contribution in [0.1, 0.15) is 41.4 Å². The number of hydrogen-bond donors (Lipinski definition) is 1. The minimum absolute atomic E-state index is 0.0855. The van der Waals surface area contributed by atoms with Crippen molar-refractivity contribution in [3.05, 3.63) is 29.1 Å². The van der Waals surface area contributed by atoms with Gasteiger partial charge in [-0.05, 0) is 17.5 Å². The van der Waals surface area contributed by atoms with Crippen LogP contribution in [0, 0.1) is 0 Å². The first-order valence-electron chi connectivity index (χ1n) is 4.54. The van der Waals surface area contributed by atoms with Gasteiger partial charge in [-0.15, -0.1) is 0 Å². The van der Waals surface area contributed by atoms with E-state index in [0.717, 1.165) is 6.07 Å². The van der Waals surface area contributed by atoms with Crippen molar-refractivity contribution in [3.63, 3.8) is 0 Å². The number of carbonyl (C=O) groups is 1. The second kappa shape index (κ2) is 4.11. The van der Waals surface area contributed by atoms with E-state index in [9.17, 15) is 18.0 Å². The van der Waals surface area contributed by atoms with Crippen LogP contribution in [0.4, 0.5) is 13.2 Å². The molecule has 0 aliphatic heterocycles. The molecule has 0 fully saturated rings. The van der Waals surface area contributed by atoms with Crippen LogP contribution >= 0.6 is 0 Å². The van der Waals surface area contributed by atoms with Crippen molar-refractivity contribution in [2.75, 3.05) is 0 Å². The molecule has 0 bridgehead atoms. The number of carboxylic acid groups (broad SMARTS) is 1. The Balaban J connectivity index is 3.34. The summed E-state index contributed by atoms with van der Waals surface area (Å²) in [7, 11) is 0. The average molecular weight is 233 g/mol. The van der Waals surface area contributed by atoms with Crippen LogP contribution in [0.5, 0.6) is 0 Å². The predicted octanol–water partition coefficient (Wildman–Crippen LogP) is 2.92. The van der Waals surface area contributed by atoms with E-state index in [1.54, 1.807) is 13.8 Å². The summed E-state index contributed by atoms with van der Waals surface area (Å²) in [6.07, 6.45) is -3.97. The number of rotatable bonds is 2. The van der Waals surface area contributed by atoms with Gasteiger partial charge in [0.1, 0.15) is 0 Å². The first-order valence-corrected chi connectivity index (χ1v) is 4.54. The lowest BCUT2D eigenvalue weighted by atomic mass is 9.99.